The predicted octanol–water partition coefficient (Wildman–Crippen LogP) is 2.66. The molecule has 22 heavy (non-hydrogen) atoms. The summed E-state index contributed by atoms with van der Waals surface area (Å²) in [5.41, 5.74) is 0.997. The number of sulfone groups is 1. The summed E-state index contributed by atoms with van der Waals surface area (Å²) in [4.78, 5) is 14.6. The standard InChI is InChI=1S/C17H25NO3S/c1-12-5-7-16(8-6-12)22(20,21)15(4)17(19)18-10-13(2)9-14(3)11-18/h5-8,13-15H,9-11H2,1-4H3. The Bertz CT molecular complexity index is 626. The Morgan fingerprint density at radius 2 is 1.64 bits per heavy atom. The summed E-state index contributed by atoms with van der Waals surface area (Å²) in [6.07, 6.45) is 1.09. The van der Waals surface area contributed by atoms with E-state index in [4.69, 9.17) is 0 Å². The smallest absolute Gasteiger partial charge is 0.241 e. The maximum absolute atomic E-state index is 12.6. The normalized spacial score (nSPS) is 24.1. The number of amides is 1. The summed E-state index contributed by atoms with van der Waals surface area (Å²) in [6, 6.07) is 6.68. The first-order chi connectivity index (χ1) is 10.2. The van der Waals surface area contributed by atoms with Crippen LogP contribution in [-0.2, 0) is 14.6 Å². The Morgan fingerprint density at radius 3 is 2.14 bits per heavy atom. The van der Waals surface area contributed by atoms with Crippen LogP contribution in [0.15, 0.2) is 29.2 Å². The lowest BCUT2D eigenvalue weighted by atomic mass is 9.92. The molecule has 0 aliphatic carbocycles. The van der Waals surface area contributed by atoms with Gasteiger partial charge in [-0.15, -0.1) is 0 Å². The van der Waals surface area contributed by atoms with Crippen molar-refractivity contribution in [1.82, 2.24) is 4.90 Å². The quantitative estimate of drug-likeness (QED) is 0.859. The largest absolute Gasteiger partial charge is 0.341 e. The lowest BCUT2D eigenvalue weighted by molar-refractivity contribution is -0.133. The van der Waals surface area contributed by atoms with Crippen molar-refractivity contribution in [2.75, 3.05) is 13.1 Å². The van der Waals surface area contributed by atoms with Crippen molar-refractivity contribution in [3.63, 3.8) is 0 Å². The van der Waals surface area contributed by atoms with Gasteiger partial charge in [0.05, 0.1) is 4.90 Å². The average Bonchev–Trinajstić information content (AvgIpc) is 2.45. The van der Waals surface area contributed by atoms with Crippen LogP contribution in [0.3, 0.4) is 0 Å². The summed E-state index contributed by atoms with van der Waals surface area (Å²) in [5, 5.41) is -1.03. The first-order valence-electron chi connectivity index (χ1n) is 7.81. The van der Waals surface area contributed by atoms with E-state index in [0.29, 0.717) is 24.9 Å². The third kappa shape index (κ3) is 3.51. The molecule has 3 atom stereocenters. The fourth-order valence-corrected chi connectivity index (χ4v) is 4.50. The minimum Gasteiger partial charge on any atom is -0.341 e. The average molecular weight is 323 g/mol. The van der Waals surface area contributed by atoms with E-state index in [1.54, 1.807) is 29.2 Å². The zero-order chi connectivity index (χ0) is 16.5. The predicted molar refractivity (Wildman–Crippen MR) is 87.4 cm³/mol. The van der Waals surface area contributed by atoms with Gasteiger partial charge in [0.25, 0.3) is 0 Å². The molecule has 4 nitrogen and oxygen atoms in total. The molecule has 1 heterocycles. The van der Waals surface area contributed by atoms with Crippen molar-refractivity contribution in [2.24, 2.45) is 11.8 Å². The summed E-state index contributed by atoms with van der Waals surface area (Å²) >= 11 is 0. The lowest BCUT2D eigenvalue weighted by Crippen LogP contribution is -2.48. The highest BCUT2D eigenvalue weighted by atomic mass is 32.2. The van der Waals surface area contributed by atoms with Crippen molar-refractivity contribution >= 4 is 15.7 Å². The molecule has 0 saturated carbocycles. The highest BCUT2D eigenvalue weighted by Crippen LogP contribution is 2.24. The van der Waals surface area contributed by atoms with Crippen LogP contribution in [0, 0.1) is 18.8 Å². The van der Waals surface area contributed by atoms with Crippen molar-refractivity contribution in [3.8, 4) is 0 Å². The molecule has 0 radical (unpaired) electrons. The van der Waals surface area contributed by atoms with E-state index in [-0.39, 0.29) is 10.8 Å². The molecule has 0 spiro atoms. The van der Waals surface area contributed by atoms with Crippen molar-refractivity contribution in [2.45, 2.75) is 44.3 Å². The van der Waals surface area contributed by atoms with E-state index >= 15 is 0 Å². The van der Waals surface area contributed by atoms with Gasteiger partial charge in [-0.2, -0.15) is 0 Å². The molecule has 2 rings (SSSR count). The Labute approximate surface area is 133 Å². The Hall–Kier alpha value is -1.36. The number of aryl methyl sites for hydroxylation is 1. The topological polar surface area (TPSA) is 54.5 Å². The van der Waals surface area contributed by atoms with Crippen LogP contribution < -0.4 is 0 Å². The summed E-state index contributed by atoms with van der Waals surface area (Å²) in [7, 11) is -3.63. The molecule has 122 valence electrons. The molecule has 1 fully saturated rings. The van der Waals surface area contributed by atoms with Crippen LogP contribution in [0.25, 0.3) is 0 Å². The van der Waals surface area contributed by atoms with Crippen molar-refractivity contribution in [1.29, 1.82) is 0 Å². The molecule has 1 saturated heterocycles. The number of piperidine rings is 1. The Kier molecular flexibility index (Phi) is 4.95. The zero-order valence-electron chi connectivity index (χ0n) is 13.7. The molecule has 1 aromatic rings. The lowest BCUT2D eigenvalue weighted by Gasteiger charge is -2.36. The maximum Gasteiger partial charge on any atom is 0.241 e. The third-order valence-electron chi connectivity index (χ3n) is 4.34. The summed E-state index contributed by atoms with van der Waals surface area (Å²) in [5.74, 6) is 0.558. The van der Waals surface area contributed by atoms with Gasteiger partial charge in [-0.05, 0) is 44.2 Å². The number of nitrogens with zero attached hydrogens (tertiary/aromatic N) is 1. The van der Waals surface area contributed by atoms with E-state index in [2.05, 4.69) is 13.8 Å². The fraction of sp³-hybridized carbons (Fsp3) is 0.588. The Morgan fingerprint density at radius 1 is 1.14 bits per heavy atom. The molecular formula is C17H25NO3S. The molecule has 1 aromatic carbocycles. The molecule has 1 aliphatic heterocycles. The molecule has 0 aromatic heterocycles. The van der Waals surface area contributed by atoms with Crippen LogP contribution in [0.4, 0.5) is 0 Å². The van der Waals surface area contributed by atoms with Crippen LogP contribution in [-0.4, -0.2) is 37.6 Å². The van der Waals surface area contributed by atoms with E-state index < -0.39 is 15.1 Å². The number of carbonyl (C=O) groups excluding carboxylic acids is 1. The van der Waals surface area contributed by atoms with Crippen LogP contribution in [0.5, 0.6) is 0 Å². The number of benzene rings is 1. The first-order valence-corrected chi connectivity index (χ1v) is 9.35. The number of hydrogen-bond donors (Lipinski definition) is 0. The number of rotatable bonds is 3. The molecular weight excluding hydrogens is 298 g/mol. The monoisotopic (exact) mass is 323 g/mol. The highest BCUT2D eigenvalue weighted by Gasteiger charge is 2.35. The fourth-order valence-electron chi connectivity index (χ4n) is 3.16. The number of likely N-dealkylation sites (tertiary alicyclic amines) is 1. The molecule has 0 bridgehead atoms. The van der Waals surface area contributed by atoms with Crippen molar-refractivity contribution in [3.05, 3.63) is 29.8 Å². The first kappa shape index (κ1) is 17.0. The van der Waals surface area contributed by atoms with Gasteiger partial charge in [-0.3, -0.25) is 4.79 Å². The van der Waals surface area contributed by atoms with Gasteiger partial charge >= 0.3 is 0 Å². The van der Waals surface area contributed by atoms with Gasteiger partial charge in [0.15, 0.2) is 9.84 Å². The van der Waals surface area contributed by atoms with Crippen LogP contribution >= 0.6 is 0 Å². The van der Waals surface area contributed by atoms with E-state index in [1.165, 1.54) is 6.92 Å². The highest BCUT2D eigenvalue weighted by molar-refractivity contribution is 7.92. The second-order valence-corrected chi connectivity index (χ2v) is 8.96. The second kappa shape index (κ2) is 6.41. The zero-order valence-corrected chi connectivity index (χ0v) is 14.6. The van der Waals surface area contributed by atoms with Crippen LogP contribution in [0.1, 0.15) is 32.8 Å². The van der Waals surface area contributed by atoms with E-state index in [9.17, 15) is 13.2 Å². The minimum atomic E-state index is -3.63. The number of hydrogen-bond acceptors (Lipinski definition) is 3. The molecule has 0 N–H and O–H groups in total. The van der Waals surface area contributed by atoms with Crippen molar-refractivity contribution < 1.29 is 13.2 Å². The minimum absolute atomic E-state index is 0.219. The van der Waals surface area contributed by atoms with Gasteiger partial charge in [0, 0.05) is 13.1 Å². The van der Waals surface area contributed by atoms with Gasteiger partial charge in [0.2, 0.25) is 5.91 Å². The van der Waals surface area contributed by atoms with Gasteiger partial charge in [0.1, 0.15) is 5.25 Å². The van der Waals surface area contributed by atoms with E-state index in [0.717, 1.165) is 12.0 Å². The molecule has 1 amide bonds. The van der Waals surface area contributed by atoms with Gasteiger partial charge in [-0.1, -0.05) is 31.5 Å². The SMILES string of the molecule is Cc1ccc(S(=O)(=O)C(C)C(=O)N2CC(C)CC(C)C2)cc1. The summed E-state index contributed by atoms with van der Waals surface area (Å²) < 4.78 is 25.3. The van der Waals surface area contributed by atoms with Gasteiger partial charge < -0.3 is 4.90 Å². The Balaban J connectivity index is 2.20. The molecule has 1 aliphatic rings. The molecule has 3 unspecified atom stereocenters. The number of carbonyl (C=O) groups is 1. The maximum atomic E-state index is 12.6. The third-order valence-corrected chi connectivity index (χ3v) is 6.41. The second-order valence-electron chi connectivity index (χ2n) is 6.69. The summed E-state index contributed by atoms with van der Waals surface area (Å²) in [6.45, 7) is 8.92. The van der Waals surface area contributed by atoms with Crippen LogP contribution in [0.2, 0.25) is 0 Å². The van der Waals surface area contributed by atoms with E-state index in [1.807, 2.05) is 6.92 Å². The van der Waals surface area contributed by atoms with Gasteiger partial charge in [-0.25, -0.2) is 8.42 Å². The molecule has 5 heteroatoms.